The van der Waals surface area contributed by atoms with Gasteiger partial charge in [-0.05, 0) is 42.8 Å². The third kappa shape index (κ3) is 6.95. The second-order valence-electron chi connectivity index (χ2n) is 5.82. The molecular formula is C17H24N2O3S. The lowest BCUT2D eigenvalue weighted by Gasteiger charge is -2.25. The van der Waals surface area contributed by atoms with Gasteiger partial charge >= 0.3 is 12.0 Å². The number of hydrogen-bond acceptors (Lipinski definition) is 3. The molecule has 1 heterocycles. The Bertz CT molecular complexity index is 504. The van der Waals surface area contributed by atoms with Crippen LogP contribution in [0.25, 0.3) is 0 Å². The van der Waals surface area contributed by atoms with Crippen LogP contribution < -0.4 is 10.6 Å². The highest BCUT2D eigenvalue weighted by molar-refractivity contribution is 7.99. The summed E-state index contributed by atoms with van der Waals surface area (Å²) >= 11 is 1.92. The molecule has 1 aliphatic heterocycles. The van der Waals surface area contributed by atoms with Crippen molar-refractivity contribution in [2.75, 3.05) is 11.5 Å². The summed E-state index contributed by atoms with van der Waals surface area (Å²) in [6.07, 6.45) is 3.12. The molecule has 0 spiro atoms. The molecule has 126 valence electrons. The molecule has 1 aliphatic rings. The van der Waals surface area contributed by atoms with Crippen molar-refractivity contribution in [2.24, 2.45) is 0 Å². The van der Waals surface area contributed by atoms with E-state index in [1.54, 1.807) is 0 Å². The number of thioether (sulfide) groups is 1. The topological polar surface area (TPSA) is 78.4 Å². The fraction of sp³-hybridized carbons (Fsp3) is 0.529. The summed E-state index contributed by atoms with van der Waals surface area (Å²) < 4.78 is 0. The number of urea groups is 1. The molecule has 0 bridgehead atoms. The SMILES string of the molecule is O=C(O)CCC(Cc1ccccc1)NC(=O)NC1CCSCC1. The molecule has 3 N–H and O–H groups in total. The maximum Gasteiger partial charge on any atom is 0.315 e. The standard InChI is InChI=1S/C17H24N2O3S/c20-16(21)7-6-15(12-13-4-2-1-3-5-13)19-17(22)18-14-8-10-23-11-9-14/h1-5,14-15H,6-12H2,(H,20,21)(H2,18,19,22). The van der Waals surface area contributed by atoms with Gasteiger partial charge in [-0.15, -0.1) is 0 Å². The number of carboxylic acids is 1. The van der Waals surface area contributed by atoms with Gasteiger partial charge in [-0.25, -0.2) is 4.79 Å². The molecule has 2 amide bonds. The number of rotatable bonds is 7. The van der Waals surface area contributed by atoms with E-state index in [1.807, 2.05) is 42.1 Å². The first-order chi connectivity index (χ1) is 11.1. The molecule has 6 heteroatoms. The van der Waals surface area contributed by atoms with Crippen LogP contribution in [0.15, 0.2) is 30.3 Å². The Kier molecular flexibility index (Phi) is 7.26. The van der Waals surface area contributed by atoms with Crippen molar-refractivity contribution < 1.29 is 14.7 Å². The van der Waals surface area contributed by atoms with Crippen LogP contribution in [0.5, 0.6) is 0 Å². The molecule has 2 rings (SSSR count). The number of carbonyl (C=O) groups excluding carboxylic acids is 1. The molecule has 1 aromatic rings. The molecule has 1 aromatic carbocycles. The first-order valence-electron chi connectivity index (χ1n) is 8.04. The minimum Gasteiger partial charge on any atom is -0.481 e. The second kappa shape index (κ2) is 9.45. The summed E-state index contributed by atoms with van der Waals surface area (Å²) in [5.74, 6) is 1.32. The van der Waals surface area contributed by atoms with Crippen LogP contribution in [-0.4, -0.2) is 40.7 Å². The predicted octanol–water partition coefficient (Wildman–Crippen LogP) is 2.66. The van der Waals surface area contributed by atoms with Crippen LogP contribution in [0.2, 0.25) is 0 Å². The molecular weight excluding hydrogens is 312 g/mol. The molecule has 0 aromatic heterocycles. The van der Waals surface area contributed by atoms with Crippen molar-refractivity contribution in [1.29, 1.82) is 0 Å². The molecule has 1 saturated heterocycles. The highest BCUT2D eigenvalue weighted by Gasteiger charge is 2.19. The zero-order chi connectivity index (χ0) is 16.5. The highest BCUT2D eigenvalue weighted by atomic mass is 32.2. The van der Waals surface area contributed by atoms with Crippen LogP contribution >= 0.6 is 11.8 Å². The molecule has 5 nitrogen and oxygen atoms in total. The Balaban J connectivity index is 1.87. The highest BCUT2D eigenvalue weighted by Crippen LogP contribution is 2.16. The maximum absolute atomic E-state index is 12.2. The molecule has 0 aliphatic carbocycles. The van der Waals surface area contributed by atoms with Crippen LogP contribution in [0, 0.1) is 0 Å². The molecule has 1 unspecified atom stereocenters. The zero-order valence-electron chi connectivity index (χ0n) is 13.2. The van der Waals surface area contributed by atoms with Gasteiger partial charge in [0.2, 0.25) is 0 Å². The summed E-state index contributed by atoms with van der Waals surface area (Å²) in [4.78, 5) is 23.0. The quantitative estimate of drug-likeness (QED) is 0.715. The van der Waals surface area contributed by atoms with E-state index < -0.39 is 5.97 Å². The molecule has 23 heavy (non-hydrogen) atoms. The lowest BCUT2D eigenvalue weighted by molar-refractivity contribution is -0.137. The van der Waals surface area contributed by atoms with Crippen molar-refractivity contribution in [2.45, 2.75) is 44.2 Å². The summed E-state index contributed by atoms with van der Waals surface area (Å²) in [6, 6.07) is 9.69. The Morgan fingerprint density at radius 2 is 1.91 bits per heavy atom. The second-order valence-corrected chi connectivity index (χ2v) is 7.05. The average molecular weight is 336 g/mol. The van der Waals surface area contributed by atoms with E-state index in [2.05, 4.69) is 10.6 Å². The van der Waals surface area contributed by atoms with Crippen LogP contribution in [0.3, 0.4) is 0 Å². The van der Waals surface area contributed by atoms with Gasteiger partial charge in [0.1, 0.15) is 0 Å². The van der Waals surface area contributed by atoms with E-state index in [0.29, 0.717) is 12.8 Å². The van der Waals surface area contributed by atoms with Crippen molar-refractivity contribution in [3.63, 3.8) is 0 Å². The lowest BCUT2D eigenvalue weighted by Crippen LogP contribution is -2.48. The third-order valence-corrected chi connectivity index (χ3v) is 4.97. The van der Waals surface area contributed by atoms with E-state index in [0.717, 1.165) is 29.9 Å². The van der Waals surface area contributed by atoms with Gasteiger partial charge in [0.15, 0.2) is 0 Å². The number of aliphatic carboxylic acids is 1. The Hall–Kier alpha value is -1.69. The van der Waals surface area contributed by atoms with Gasteiger partial charge in [0.05, 0.1) is 0 Å². The van der Waals surface area contributed by atoms with Crippen molar-refractivity contribution in [3.8, 4) is 0 Å². The summed E-state index contributed by atoms with van der Waals surface area (Å²) in [7, 11) is 0. The minimum atomic E-state index is -0.838. The van der Waals surface area contributed by atoms with Crippen LogP contribution in [0.4, 0.5) is 4.79 Å². The van der Waals surface area contributed by atoms with E-state index in [9.17, 15) is 9.59 Å². The lowest BCUT2D eigenvalue weighted by atomic mass is 10.0. The average Bonchev–Trinajstić information content (AvgIpc) is 2.54. The van der Waals surface area contributed by atoms with Gasteiger partial charge in [-0.3, -0.25) is 4.79 Å². The summed E-state index contributed by atoms with van der Waals surface area (Å²) in [6.45, 7) is 0. The fourth-order valence-corrected chi connectivity index (χ4v) is 3.78. The van der Waals surface area contributed by atoms with Gasteiger partial charge in [0.25, 0.3) is 0 Å². The Morgan fingerprint density at radius 1 is 1.22 bits per heavy atom. The zero-order valence-corrected chi connectivity index (χ0v) is 14.0. The van der Waals surface area contributed by atoms with E-state index >= 15 is 0 Å². The summed E-state index contributed by atoms with van der Waals surface area (Å²) in [5.41, 5.74) is 1.09. The van der Waals surface area contributed by atoms with Crippen LogP contribution in [0.1, 0.15) is 31.2 Å². The van der Waals surface area contributed by atoms with Crippen molar-refractivity contribution in [3.05, 3.63) is 35.9 Å². The smallest absolute Gasteiger partial charge is 0.315 e. The Morgan fingerprint density at radius 3 is 2.57 bits per heavy atom. The maximum atomic E-state index is 12.2. The molecule has 0 saturated carbocycles. The first-order valence-corrected chi connectivity index (χ1v) is 9.19. The van der Waals surface area contributed by atoms with E-state index in [-0.39, 0.29) is 24.5 Å². The van der Waals surface area contributed by atoms with Gasteiger partial charge in [-0.2, -0.15) is 11.8 Å². The number of amides is 2. The van der Waals surface area contributed by atoms with Crippen molar-refractivity contribution in [1.82, 2.24) is 10.6 Å². The van der Waals surface area contributed by atoms with Crippen molar-refractivity contribution >= 4 is 23.8 Å². The minimum absolute atomic E-state index is 0.0534. The van der Waals surface area contributed by atoms with E-state index in [4.69, 9.17) is 5.11 Å². The van der Waals surface area contributed by atoms with Gasteiger partial charge < -0.3 is 15.7 Å². The molecule has 0 radical (unpaired) electrons. The molecule has 1 atom stereocenters. The number of carbonyl (C=O) groups is 2. The largest absolute Gasteiger partial charge is 0.481 e. The normalized spacial score (nSPS) is 16.5. The fourth-order valence-electron chi connectivity index (χ4n) is 2.68. The number of hydrogen-bond donors (Lipinski definition) is 3. The van der Waals surface area contributed by atoms with E-state index in [1.165, 1.54) is 0 Å². The number of benzene rings is 1. The third-order valence-electron chi connectivity index (χ3n) is 3.92. The first kappa shape index (κ1) is 17.7. The van der Waals surface area contributed by atoms with Crippen LogP contribution in [-0.2, 0) is 11.2 Å². The van der Waals surface area contributed by atoms with Gasteiger partial charge in [-0.1, -0.05) is 30.3 Å². The predicted molar refractivity (Wildman–Crippen MR) is 92.8 cm³/mol. The van der Waals surface area contributed by atoms with Gasteiger partial charge in [0, 0.05) is 18.5 Å². The summed E-state index contributed by atoms with van der Waals surface area (Å²) in [5, 5.41) is 14.9. The molecule has 1 fully saturated rings. The number of nitrogens with one attached hydrogen (secondary N) is 2. The number of carboxylic acid groups (broad SMARTS) is 1. The Labute approximate surface area is 141 Å². The monoisotopic (exact) mass is 336 g/mol.